The maximum atomic E-state index is 12.0. The van der Waals surface area contributed by atoms with E-state index in [1.54, 1.807) is 25.3 Å². The van der Waals surface area contributed by atoms with Gasteiger partial charge < -0.3 is 4.74 Å². The van der Waals surface area contributed by atoms with Gasteiger partial charge in [0, 0.05) is 15.6 Å². The number of hydrogen-bond acceptors (Lipinski definition) is 3. The van der Waals surface area contributed by atoms with Gasteiger partial charge >= 0.3 is 0 Å². The van der Waals surface area contributed by atoms with E-state index in [2.05, 4.69) is 26.5 Å². The van der Waals surface area contributed by atoms with Gasteiger partial charge in [-0.3, -0.25) is 4.79 Å². The Balaban J connectivity index is 2.11. The number of benzene rings is 2. The summed E-state index contributed by atoms with van der Waals surface area (Å²) in [5.74, 6) is 0.499. The molecule has 108 valence electrons. The zero-order valence-corrected chi connectivity index (χ0v) is 13.3. The molecular formula is C16H15BrN2O2. The number of nitrogens with zero attached hydrogens (tertiary/aromatic N) is 1. The normalized spacial score (nSPS) is 11.1. The molecule has 0 aliphatic rings. The molecule has 21 heavy (non-hydrogen) atoms. The maximum absolute atomic E-state index is 12.0. The van der Waals surface area contributed by atoms with Crippen molar-refractivity contribution in [3.8, 4) is 5.75 Å². The number of methoxy groups -OCH3 is 1. The largest absolute Gasteiger partial charge is 0.497 e. The summed E-state index contributed by atoms with van der Waals surface area (Å²) in [4.78, 5) is 12.0. The van der Waals surface area contributed by atoms with E-state index in [0.717, 1.165) is 15.8 Å². The van der Waals surface area contributed by atoms with Crippen LogP contribution in [0, 0.1) is 0 Å². The van der Waals surface area contributed by atoms with Crippen molar-refractivity contribution in [3.63, 3.8) is 0 Å². The second kappa shape index (κ2) is 7.04. The van der Waals surface area contributed by atoms with E-state index in [1.165, 1.54) is 0 Å². The Morgan fingerprint density at radius 2 is 1.86 bits per heavy atom. The minimum atomic E-state index is -0.251. The third-order valence-corrected chi connectivity index (χ3v) is 3.39. The van der Waals surface area contributed by atoms with Crippen LogP contribution in [0.15, 0.2) is 58.1 Å². The fourth-order valence-corrected chi connectivity index (χ4v) is 2.14. The molecule has 0 fully saturated rings. The molecule has 0 saturated carbocycles. The third-order valence-electron chi connectivity index (χ3n) is 2.90. The first-order valence-electron chi connectivity index (χ1n) is 6.35. The molecule has 2 aromatic rings. The zero-order valence-electron chi connectivity index (χ0n) is 11.8. The van der Waals surface area contributed by atoms with Gasteiger partial charge in [-0.05, 0) is 37.3 Å². The van der Waals surface area contributed by atoms with Crippen molar-refractivity contribution >= 4 is 27.5 Å². The predicted molar refractivity (Wildman–Crippen MR) is 86.8 cm³/mol. The minimum Gasteiger partial charge on any atom is -0.497 e. The van der Waals surface area contributed by atoms with Crippen molar-refractivity contribution in [2.75, 3.05) is 7.11 Å². The topological polar surface area (TPSA) is 50.7 Å². The van der Waals surface area contributed by atoms with E-state index in [1.807, 2.05) is 37.3 Å². The highest BCUT2D eigenvalue weighted by molar-refractivity contribution is 9.10. The molecule has 2 rings (SSSR count). The molecule has 0 aliphatic heterocycles. The molecule has 5 heteroatoms. The first-order chi connectivity index (χ1) is 10.1. The lowest BCUT2D eigenvalue weighted by atomic mass is 10.1. The van der Waals surface area contributed by atoms with Crippen molar-refractivity contribution in [2.24, 2.45) is 5.10 Å². The number of halogens is 1. The first-order valence-corrected chi connectivity index (χ1v) is 7.14. The molecule has 4 nitrogen and oxygen atoms in total. The van der Waals surface area contributed by atoms with Gasteiger partial charge in [-0.15, -0.1) is 0 Å². The molecule has 0 aliphatic carbocycles. The van der Waals surface area contributed by atoms with Gasteiger partial charge in [-0.25, -0.2) is 5.43 Å². The zero-order chi connectivity index (χ0) is 15.2. The molecule has 0 aromatic heterocycles. The average Bonchev–Trinajstić information content (AvgIpc) is 2.52. The van der Waals surface area contributed by atoms with Gasteiger partial charge in [0.25, 0.3) is 5.91 Å². The molecule has 0 heterocycles. The second-order valence-corrected chi connectivity index (χ2v) is 5.30. The summed E-state index contributed by atoms with van der Waals surface area (Å²) in [6.07, 6.45) is 0. The lowest BCUT2D eigenvalue weighted by Crippen LogP contribution is -2.19. The smallest absolute Gasteiger partial charge is 0.271 e. The van der Waals surface area contributed by atoms with E-state index in [0.29, 0.717) is 11.3 Å². The average molecular weight is 347 g/mol. The molecule has 0 unspecified atom stereocenters. The predicted octanol–water partition coefficient (Wildman–Crippen LogP) is 3.61. The number of carbonyl (C=O) groups is 1. The number of carbonyl (C=O) groups excluding carboxylic acids is 1. The van der Waals surface area contributed by atoms with Crippen LogP contribution in [0.5, 0.6) is 5.75 Å². The van der Waals surface area contributed by atoms with Crippen molar-refractivity contribution in [1.82, 2.24) is 5.43 Å². The van der Waals surface area contributed by atoms with Crippen LogP contribution in [-0.2, 0) is 0 Å². The fourth-order valence-electron chi connectivity index (χ4n) is 1.74. The van der Waals surface area contributed by atoms with Crippen LogP contribution in [0.4, 0.5) is 0 Å². The lowest BCUT2D eigenvalue weighted by Gasteiger charge is -2.05. The van der Waals surface area contributed by atoms with E-state index < -0.39 is 0 Å². The summed E-state index contributed by atoms with van der Waals surface area (Å²) in [7, 11) is 1.61. The lowest BCUT2D eigenvalue weighted by molar-refractivity contribution is 0.0955. The van der Waals surface area contributed by atoms with Gasteiger partial charge in [-0.1, -0.05) is 34.1 Å². The van der Waals surface area contributed by atoms with Gasteiger partial charge in [0.2, 0.25) is 0 Å². The maximum Gasteiger partial charge on any atom is 0.271 e. The Morgan fingerprint density at radius 3 is 2.57 bits per heavy atom. The fraction of sp³-hybridized carbons (Fsp3) is 0.125. The number of hydrogen-bond donors (Lipinski definition) is 1. The van der Waals surface area contributed by atoms with Crippen molar-refractivity contribution in [1.29, 1.82) is 0 Å². The van der Waals surface area contributed by atoms with Gasteiger partial charge in [0.15, 0.2) is 0 Å². The molecule has 1 amide bonds. The van der Waals surface area contributed by atoms with Crippen LogP contribution in [0.3, 0.4) is 0 Å². The van der Waals surface area contributed by atoms with Crippen LogP contribution in [-0.4, -0.2) is 18.7 Å². The highest BCUT2D eigenvalue weighted by atomic mass is 79.9. The van der Waals surface area contributed by atoms with Gasteiger partial charge in [0.05, 0.1) is 12.8 Å². The van der Waals surface area contributed by atoms with E-state index in [4.69, 9.17) is 4.74 Å². The minimum absolute atomic E-state index is 0.251. The Labute approximate surface area is 132 Å². The number of ether oxygens (including phenoxy) is 1. The molecular weight excluding hydrogens is 332 g/mol. The number of rotatable bonds is 4. The summed E-state index contributed by atoms with van der Waals surface area (Å²) < 4.78 is 6.02. The molecule has 0 saturated heterocycles. The monoisotopic (exact) mass is 346 g/mol. The molecule has 0 bridgehead atoms. The summed E-state index contributed by atoms with van der Waals surface area (Å²) >= 11 is 3.33. The quantitative estimate of drug-likeness (QED) is 0.679. The standard InChI is InChI=1S/C16H15BrN2O2/c1-11(12-5-4-8-15(10-12)21-2)18-19-16(20)13-6-3-7-14(17)9-13/h3-10H,1-2H3,(H,19,20)/b18-11+. The highest BCUT2D eigenvalue weighted by Crippen LogP contribution is 2.14. The molecule has 2 aromatic carbocycles. The van der Waals surface area contributed by atoms with Crippen LogP contribution in [0.2, 0.25) is 0 Å². The van der Waals surface area contributed by atoms with E-state index >= 15 is 0 Å². The van der Waals surface area contributed by atoms with E-state index in [-0.39, 0.29) is 5.91 Å². The first kappa shape index (κ1) is 15.3. The van der Waals surface area contributed by atoms with Crippen LogP contribution < -0.4 is 10.2 Å². The summed E-state index contributed by atoms with van der Waals surface area (Å²) in [5, 5.41) is 4.12. The Morgan fingerprint density at radius 1 is 1.14 bits per heavy atom. The van der Waals surface area contributed by atoms with Gasteiger partial charge in [0.1, 0.15) is 5.75 Å². The van der Waals surface area contributed by atoms with Crippen molar-refractivity contribution in [2.45, 2.75) is 6.92 Å². The highest BCUT2D eigenvalue weighted by Gasteiger charge is 2.05. The molecule has 1 N–H and O–H groups in total. The molecule has 0 spiro atoms. The summed E-state index contributed by atoms with van der Waals surface area (Å²) in [6, 6.07) is 14.7. The van der Waals surface area contributed by atoms with Crippen LogP contribution >= 0.6 is 15.9 Å². The van der Waals surface area contributed by atoms with E-state index in [9.17, 15) is 4.79 Å². The van der Waals surface area contributed by atoms with Crippen molar-refractivity contribution in [3.05, 3.63) is 64.1 Å². The van der Waals surface area contributed by atoms with Gasteiger partial charge in [-0.2, -0.15) is 5.10 Å². The molecule has 0 radical (unpaired) electrons. The number of nitrogens with one attached hydrogen (secondary N) is 1. The van der Waals surface area contributed by atoms with Crippen LogP contribution in [0.25, 0.3) is 0 Å². The Hall–Kier alpha value is -2.14. The third kappa shape index (κ3) is 4.16. The Bertz CT molecular complexity index is 683. The van der Waals surface area contributed by atoms with Crippen molar-refractivity contribution < 1.29 is 9.53 Å². The summed E-state index contributed by atoms with van der Waals surface area (Å²) in [6.45, 7) is 1.83. The number of hydrazone groups is 1. The second-order valence-electron chi connectivity index (χ2n) is 4.38. The summed E-state index contributed by atoms with van der Waals surface area (Å²) in [5.41, 5.74) is 4.70. The number of amides is 1. The van der Waals surface area contributed by atoms with Crippen LogP contribution in [0.1, 0.15) is 22.8 Å². The molecule has 0 atom stereocenters. The SMILES string of the molecule is COc1cccc(/C(C)=N/NC(=O)c2cccc(Br)c2)c1. The Kier molecular flexibility index (Phi) is 5.11.